The van der Waals surface area contributed by atoms with Gasteiger partial charge < -0.3 is 9.05 Å². The Morgan fingerprint density at radius 1 is 0.920 bits per heavy atom. The van der Waals surface area contributed by atoms with Crippen LogP contribution in [-0.4, -0.2) is 4.89 Å². The molecule has 0 fully saturated rings. The fourth-order valence-corrected chi connectivity index (χ4v) is 3.51. The molecular formula is C20H27O4P. The lowest BCUT2D eigenvalue weighted by atomic mass is 9.80. The second kappa shape index (κ2) is 8.55. The van der Waals surface area contributed by atoms with Crippen LogP contribution < -0.4 is 9.05 Å². The summed E-state index contributed by atoms with van der Waals surface area (Å²) >= 11 is 0. The number of phosphoric acid groups is 1. The molecule has 4 nitrogen and oxygen atoms in total. The molecule has 0 aliphatic heterocycles. The summed E-state index contributed by atoms with van der Waals surface area (Å²) in [5, 5.41) is 0. The first-order valence-corrected chi connectivity index (χ1v) is 10.2. The first kappa shape index (κ1) is 19.6. The van der Waals surface area contributed by atoms with Gasteiger partial charge in [-0.1, -0.05) is 70.4 Å². The topological polar surface area (TPSA) is 55.8 Å². The molecule has 25 heavy (non-hydrogen) atoms. The van der Waals surface area contributed by atoms with Gasteiger partial charge in [-0.15, -0.1) is 0 Å². The van der Waals surface area contributed by atoms with Crippen LogP contribution in [0.5, 0.6) is 11.5 Å². The fourth-order valence-electron chi connectivity index (χ4n) is 2.69. The van der Waals surface area contributed by atoms with E-state index < -0.39 is 7.82 Å². The molecular weight excluding hydrogens is 335 g/mol. The van der Waals surface area contributed by atoms with Crippen molar-refractivity contribution < 1.29 is 18.5 Å². The highest BCUT2D eigenvalue weighted by Crippen LogP contribution is 2.44. The molecule has 0 aromatic heterocycles. The van der Waals surface area contributed by atoms with E-state index in [2.05, 4.69) is 20.8 Å². The second-order valence-corrected chi connectivity index (χ2v) is 8.13. The van der Waals surface area contributed by atoms with Crippen LogP contribution in [0.1, 0.15) is 52.0 Å². The first-order chi connectivity index (χ1) is 11.8. The van der Waals surface area contributed by atoms with Crippen molar-refractivity contribution >= 4 is 7.82 Å². The van der Waals surface area contributed by atoms with E-state index >= 15 is 0 Å². The first-order valence-electron chi connectivity index (χ1n) is 8.70. The maximum absolute atomic E-state index is 12.1. The Hall–Kier alpha value is -1.77. The average Bonchev–Trinajstić information content (AvgIpc) is 2.55. The van der Waals surface area contributed by atoms with E-state index in [0.717, 1.165) is 6.42 Å². The number of unbranched alkanes of at least 4 members (excludes halogenated alkanes) is 2. The maximum Gasteiger partial charge on any atom is 0.584 e. The zero-order chi connectivity index (χ0) is 18.3. The van der Waals surface area contributed by atoms with E-state index in [-0.39, 0.29) is 5.41 Å². The third-order valence-electron chi connectivity index (χ3n) is 4.23. The summed E-state index contributed by atoms with van der Waals surface area (Å²) in [5.41, 5.74) is 1.25. The molecule has 136 valence electrons. The molecule has 0 aliphatic carbocycles. The maximum atomic E-state index is 12.1. The molecule has 2 aromatic rings. The fraction of sp³-hybridized carbons (Fsp3) is 0.400. The largest absolute Gasteiger partial charge is 0.584 e. The normalized spacial score (nSPS) is 13.9. The van der Waals surface area contributed by atoms with Crippen molar-refractivity contribution in [3.63, 3.8) is 0 Å². The van der Waals surface area contributed by atoms with Crippen molar-refractivity contribution in [1.82, 2.24) is 0 Å². The molecule has 0 saturated carbocycles. The van der Waals surface area contributed by atoms with Crippen LogP contribution in [0.2, 0.25) is 0 Å². The molecule has 0 aliphatic rings. The number of rotatable bonds is 9. The molecule has 1 N–H and O–H groups in total. The van der Waals surface area contributed by atoms with Crippen molar-refractivity contribution in [2.75, 3.05) is 0 Å². The Labute approximate surface area is 150 Å². The SMILES string of the molecule is CCCCCC(C)(C)c1ccc(OP(=O)(O)Oc2ccccc2)cc1. The van der Waals surface area contributed by atoms with Gasteiger partial charge in [0.2, 0.25) is 0 Å². The van der Waals surface area contributed by atoms with E-state index in [0.29, 0.717) is 11.5 Å². The molecule has 1 unspecified atom stereocenters. The predicted octanol–water partition coefficient (Wildman–Crippen LogP) is 6.10. The van der Waals surface area contributed by atoms with Gasteiger partial charge in [0.25, 0.3) is 0 Å². The zero-order valence-corrected chi connectivity index (χ0v) is 16.0. The van der Waals surface area contributed by atoms with Crippen molar-refractivity contribution in [1.29, 1.82) is 0 Å². The van der Waals surface area contributed by atoms with Crippen LogP contribution >= 0.6 is 7.82 Å². The molecule has 0 spiro atoms. The van der Waals surface area contributed by atoms with Gasteiger partial charge >= 0.3 is 7.82 Å². The lowest BCUT2D eigenvalue weighted by molar-refractivity contribution is 0.291. The van der Waals surface area contributed by atoms with E-state index in [9.17, 15) is 9.46 Å². The standard InChI is InChI=1S/C20H27O4P/c1-4-5-9-16-20(2,3)17-12-14-19(15-13-17)24-25(21,22)23-18-10-7-6-8-11-18/h6-8,10-15H,4-5,9,16H2,1-3H3,(H,21,22). The third kappa shape index (κ3) is 6.22. The van der Waals surface area contributed by atoms with E-state index in [1.165, 1.54) is 24.8 Å². The lowest BCUT2D eigenvalue weighted by Gasteiger charge is -2.25. The van der Waals surface area contributed by atoms with E-state index in [1.54, 1.807) is 42.5 Å². The summed E-state index contributed by atoms with van der Waals surface area (Å²) in [6.07, 6.45) is 4.74. The molecule has 1 atom stereocenters. The van der Waals surface area contributed by atoms with Crippen LogP contribution in [0.25, 0.3) is 0 Å². The third-order valence-corrected chi connectivity index (χ3v) is 5.11. The minimum atomic E-state index is -4.21. The molecule has 0 heterocycles. The second-order valence-electron chi connectivity index (χ2n) is 6.83. The van der Waals surface area contributed by atoms with Gasteiger partial charge in [0, 0.05) is 0 Å². The highest BCUT2D eigenvalue weighted by molar-refractivity contribution is 7.48. The highest BCUT2D eigenvalue weighted by atomic mass is 31.2. The number of para-hydroxylation sites is 1. The quantitative estimate of drug-likeness (QED) is 0.432. The Morgan fingerprint density at radius 3 is 2.04 bits per heavy atom. The number of hydrogen-bond acceptors (Lipinski definition) is 3. The van der Waals surface area contributed by atoms with Crippen molar-refractivity contribution in [2.24, 2.45) is 0 Å². The van der Waals surface area contributed by atoms with Crippen molar-refractivity contribution in [2.45, 2.75) is 51.9 Å². The minimum Gasteiger partial charge on any atom is -0.395 e. The summed E-state index contributed by atoms with van der Waals surface area (Å²) in [6, 6.07) is 15.8. The molecule has 5 heteroatoms. The summed E-state index contributed by atoms with van der Waals surface area (Å²) in [4.78, 5) is 9.90. The van der Waals surface area contributed by atoms with Crippen LogP contribution in [0.3, 0.4) is 0 Å². The Kier molecular flexibility index (Phi) is 6.69. The van der Waals surface area contributed by atoms with Gasteiger partial charge in [0.05, 0.1) is 0 Å². The van der Waals surface area contributed by atoms with Crippen LogP contribution in [0.4, 0.5) is 0 Å². The predicted molar refractivity (Wildman–Crippen MR) is 101 cm³/mol. The number of phosphoric ester groups is 1. The minimum absolute atomic E-state index is 0.0666. The van der Waals surface area contributed by atoms with Crippen LogP contribution in [0, 0.1) is 0 Å². The summed E-state index contributed by atoms with van der Waals surface area (Å²) in [6.45, 7) is 6.63. The lowest BCUT2D eigenvalue weighted by Crippen LogP contribution is -2.16. The smallest absolute Gasteiger partial charge is 0.395 e. The van der Waals surface area contributed by atoms with Gasteiger partial charge in [-0.05, 0) is 41.7 Å². The summed E-state index contributed by atoms with van der Waals surface area (Å²) in [5.74, 6) is 0.608. The van der Waals surface area contributed by atoms with E-state index in [1.807, 2.05) is 12.1 Å². The summed E-state index contributed by atoms with van der Waals surface area (Å²) < 4.78 is 22.3. The van der Waals surface area contributed by atoms with Gasteiger partial charge in [0.15, 0.2) is 0 Å². The average molecular weight is 362 g/mol. The zero-order valence-electron chi connectivity index (χ0n) is 15.1. The van der Waals surface area contributed by atoms with Crippen molar-refractivity contribution in [3.05, 3.63) is 60.2 Å². The molecule has 2 rings (SSSR count). The van der Waals surface area contributed by atoms with Crippen LogP contribution in [-0.2, 0) is 9.98 Å². The van der Waals surface area contributed by atoms with E-state index in [4.69, 9.17) is 9.05 Å². The highest BCUT2D eigenvalue weighted by Gasteiger charge is 2.26. The summed E-state index contributed by atoms with van der Waals surface area (Å²) in [7, 11) is -4.21. The number of hydrogen-bond donors (Lipinski definition) is 1. The molecule has 0 saturated heterocycles. The Morgan fingerprint density at radius 2 is 1.48 bits per heavy atom. The molecule has 0 bridgehead atoms. The number of benzene rings is 2. The van der Waals surface area contributed by atoms with Crippen molar-refractivity contribution in [3.8, 4) is 11.5 Å². The van der Waals surface area contributed by atoms with Gasteiger partial charge in [-0.3, -0.25) is 4.89 Å². The van der Waals surface area contributed by atoms with Gasteiger partial charge in [-0.25, -0.2) is 4.57 Å². The monoisotopic (exact) mass is 362 g/mol. The Bertz CT molecular complexity index is 695. The molecule has 0 radical (unpaired) electrons. The molecule has 2 aromatic carbocycles. The Balaban J connectivity index is 2.00. The van der Waals surface area contributed by atoms with Crippen LogP contribution in [0.15, 0.2) is 54.6 Å². The van der Waals surface area contributed by atoms with Gasteiger partial charge in [0.1, 0.15) is 11.5 Å². The molecule has 0 amide bonds. The van der Waals surface area contributed by atoms with Gasteiger partial charge in [-0.2, -0.15) is 0 Å².